The van der Waals surface area contributed by atoms with Crippen molar-refractivity contribution in [2.45, 2.75) is 23.6 Å². The van der Waals surface area contributed by atoms with Crippen molar-refractivity contribution in [2.75, 3.05) is 31.8 Å². The molecule has 0 unspecified atom stereocenters. The highest BCUT2D eigenvalue weighted by molar-refractivity contribution is 8.03. The Bertz CT molecular complexity index is 553. The first-order valence-corrected chi connectivity index (χ1v) is 9.51. The van der Waals surface area contributed by atoms with Gasteiger partial charge in [0.1, 0.15) is 12.2 Å². The lowest BCUT2D eigenvalue weighted by atomic mass is 10.3. The van der Waals surface area contributed by atoms with Gasteiger partial charge in [0.25, 0.3) is 0 Å². The van der Waals surface area contributed by atoms with Crippen LogP contribution in [0, 0.1) is 0 Å². The molecule has 2 rings (SSSR count). The monoisotopic (exact) mass is 355 g/mol. The van der Waals surface area contributed by atoms with Crippen LogP contribution in [0.5, 0.6) is 5.75 Å². The van der Waals surface area contributed by atoms with Gasteiger partial charge in [-0.25, -0.2) is 0 Å². The zero-order valence-corrected chi connectivity index (χ0v) is 15.0. The average molecular weight is 355 g/mol. The molecule has 126 valence electrons. The quantitative estimate of drug-likeness (QED) is 0.426. The second kappa shape index (κ2) is 9.08. The van der Waals surface area contributed by atoms with E-state index in [2.05, 4.69) is 0 Å². The van der Waals surface area contributed by atoms with Crippen LogP contribution in [0.4, 0.5) is 0 Å². The Hall–Kier alpha value is -1.34. The van der Waals surface area contributed by atoms with Crippen LogP contribution >= 0.6 is 23.5 Å². The first kappa shape index (κ1) is 18.0. The van der Waals surface area contributed by atoms with E-state index in [-0.39, 0.29) is 17.7 Å². The maximum absolute atomic E-state index is 12.3. The second-order valence-electron chi connectivity index (χ2n) is 4.86. The Morgan fingerprint density at radius 3 is 2.91 bits per heavy atom. The van der Waals surface area contributed by atoms with Gasteiger partial charge >= 0.3 is 5.97 Å². The minimum Gasteiger partial charge on any atom is -0.496 e. The summed E-state index contributed by atoms with van der Waals surface area (Å²) in [6, 6.07) is 7.83. The van der Waals surface area contributed by atoms with Crippen LogP contribution in [-0.2, 0) is 14.3 Å². The van der Waals surface area contributed by atoms with E-state index in [0.717, 1.165) is 22.2 Å². The average Bonchev–Trinajstić information content (AvgIpc) is 3.02. The lowest BCUT2D eigenvalue weighted by Crippen LogP contribution is -2.37. The number of amides is 1. The topological polar surface area (TPSA) is 55.8 Å². The Kier molecular flexibility index (Phi) is 7.11. The van der Waals surface area contributed by atoms with E-state index in [1.807, 2.05) is 24.3 Å². The van der Waals surface area contributed by atoms with Crippen LogP contribution in [0.2, 0.25) is 0 Å². The van der Waals surface area contributed by atoms with E-state index >= 15 is 0 Å². The molecule has 0 N–H and O–H groups in total. The summed E-state index contributed by atoms with van der Waals surface area (Å²) < 4.78 is 10.2. The van der Waals surface area contributed by atoms with Gasteiger partial charge in [0.05, 0.1) is 19.1 Å². The molecule has 0 aromatic heterocycles. The number of hydrogen-bond acceptors (Lipinski definition) is 6. The zero-order chi connectivity index (χ0) is 16.7. The first-order chi connectivity index (χ1) is 11.2. The molecule has 1 aromatic rings. The minimum absolute atomic E-state index is 0.0758. The van der Waals surface area contributed by atoms with Gasteiger partial charge in [0, 0.05) is 22.9 Å². The summed E-state index contributed by atoms with van der Waals surface area (Å²) in [7, 11) is 1.65. The Morgan fingerprint density at radius 2 is 2.17 bits per heavy atom. The zero-order valence-electron chi connectivity index (χ0n) is 13.3. The fourth-order valence-electron chi connectivity index (χ4n) is 2.28. The standard InChI is InChI=1S/C16H21NO4S2/c1-3-21-16(19)10-14(18)17-8-9-22-15(17)11-23-13-7-5-4-6-12(13)20-2/h4-7,15H,3,8-11H2,1-2H3/t15-/m1/s1. The molecular weight excluding hydrogens is 334 g/mol. The van der Waals surface area contributed by atoms with Gasteiger partial charge in [-0.1, -0.05) is 12.1 Å². The van der Waals surface area contributed by atoms with Crippen LogP contribution in [0.1, 0.15) is 13.3 Å². The van der Waals surface area contributed by atoms with Crippen molar-refractivity contribution in [1.29, 1.82) is 0 Å². The van der Waals surface area contributed by atoms with E-state index in [9.17, 15) is 9.59 Å². The van der Waals surface area contributed by atoms with Crippen LogP contribution in [0.25, 0.3) is 0 Å². The fraction of sp³-hybridized carbons (Fsp3) is 0.500. The maximum Gasteiger partial charge on any atom is 0.315 e. The molecule has 0 saturated carbocycles. The SMILES string of the molecule is CCOC(=O)CC(=O)N1CCS[C@@H]1CSc1ccccc1OC. The van der Waals surface area contributed by atoms with Crippen molar-refractivity contribution >= 4 is 35.4 Å². The number of para-hydroxylation sites is 1. The summed E-state index contributed by atoms with van der Waals surface area (Å²) >= 11 is 3.41. The molecule has 1 aliphatic rings. The molecule has 0 radical (unpaired) electrons. The summed E-state index contributed by atoms with van der Waals surface area (Å²) in [5, 5.41) is 0.0758. The molecule has 1 atom stereocenters. The number of carbonyl (C=O) groups is 2. The predicted molar refractivity (Wildman–Crippen MR) is 92.9 cm³/mol. The molecular formula is C16H21NO4S2. The first-order valence-electron chi connectivity index (χ1n) is 7.48. The largest absolute Gasteiger partial charge is 0.496 e. The number of benzene rings is 1. The lowest BCUT2D eigenvalue weighted by molar-refractivity contribution is -0.148. The molecule has 1 heterocycles. The van der Waals surface area contributed by atoms with Gasteiger partial charge in [0.2, 0.25) is 5.91 Å². The maximum atomic E-state index is 12.3. The molecule has 1 fully saturated rings. The Labute approximate surface area is 145 Å². The molecule has 1 aromatic carbocycles. The molecule has 1 amide bonds. The fourth-order valence-corrected chi connectivity index (χ4v) is 4.82. The van der Waals surface area contributed by atoms with Crippen molar-refractivity contribution in [2.24, 2.45) is 0 Å². The Balaban J connectivity index is 1.91. The predicted octanol–water partition coefficient (Wildman–Crippen LogP) is 2.64. The summed E-state index contributed by atoms with van der Waals surface area (Å²) in [6.07, 6.45) is -0.176. The number of methoxy groups -OCH3 is 1. The smallest absolute Gasteiger partial charge is 0.315 e. The lowest BCUT2D eigenvalue weighted by Gasteiger charge is -2.23. The van der Waals surface area contributed by atoms with E-state index in [0.29, 0.717) is 13.2 Å². The molecule has 1 saturated heterocycles. The highest BCUT2D eigenvalue weighted by Gasteiger charge is 2.30. The van der Waals surface area contributed by atoms with Gasteiger partial charge in [0.15, 0.2) is 0 Å². The third-order valence-electron chi connectivity index (χ3n) is 3.36. The normalized spacial score (nSPS) is 17.1. The second-order valence-corrected chi connectivity index (χ2v) is 7.20. The number of hydrogen-bond donors (Lipinski definition) is 0. The van der Waals surface area contributed by atoms with Crippen LogP contribution in [0.3, 0.4) is 0 Å². The molecule has 1 aliphatic heterocycles. The molecule has 0 spiro atoms. The summed E-state index contributed by atoms with van der Waals surface area (Å²) in [5.41, 5.74) is 0. The van der Waals surface area contributed by atoms with Crippen molar-refractivity contribution in [3.63, 3.8) is 0 Å². The molecule has 0 bridgehead atoms. The number of carbonyl (C=O) groups excluding carboxylic acids is 2. The summed E-state index contributed by atoms with van der Waals surface area (Å²) in [4.78, 5) is 26.6. The van der Waals surface area contributed by atoms with Gasteiger partial charge in [-0.05, 0) is 19.1 Å². The van der Waals surface area contributed by atoms with Crippen LogP contribution in [0.15, 0.2) is 29.2 Å². The van der Waals surface area contributed by atoms with Gasteiger partial charge in [-0.3, -0.25) is 9.59 Å². The summed E-state index contributed by atoms with van der Waals surface area (Å²) in [6.45, 7) is 2.72. The van der Waals surface area contributed by atoms with Gasteiger partial charge < -0.3 is 14.4 Å². The molecule has 5 nitrogen and oxygen atoms in total. The minimum atomic E-state index is -0.453. The Morgan fingerprint density at radius 1 is 1.39 bits per heavy atom. The van der Waals surface area contributed by atoms with E-state index in [1.54, 1.807) is 42.5 Å². The van der Waals surface area contributed by atoms with Crippen molar-refractivity contribution in [3.8, 4) is 5.75 Å². The van der Waals surface area contributed by atoms with E-state index in [1.165, 1.54) is 0 Å². The van der Waals surface area contributed by atoms with E-state index < -0.39 is 5.97 Å². The number of ether oxygens (including phenoxy) is 2. The summed E-state index contributed by atoms with van der Waals surface area (Å²) in [5.74, 6) is 1.89. The number of nitrogens with zero attached hydrogens (tertiary/aromatic N) is 1. The van der Waals surface area contributed by atoms with Crippen LogP contribution < -0.4 is 4.74 Å². The van der Waals surface area contributed by atoms with Crippen molar-refractivity contribution < 1.29 is 19.1 Å². The highest BCUT2D eigenvalue weighted by atomic mass is 32.2. The molecule has 23 heavy (non-hydrogen) atoms. The van der Waals surface area contributed by atoms with Crippen LogP contribution in [-0.4, -0.2) is 53.9 Å². The molecule has 7 heteroatoms. The van der Waals surface area contributed by atoms with Gasteiger partial charge in [-0.2, -0.15) is 0 Å². The highest BCUT2D eigenvalue weighted by Crippen LogP contribution is 2.34. The third-order valence-corrected chi connectivity index (χ3v) is 5.93. The number of thioether (sulfide) groups is 2. The third kappa shape index (κ3) is 5.07. The molecule has 0 aliphatic carbocycles. The van der Waals surface area contributed by atoms with Gasteiger partial charge in [-0.15, -0.1) is 23.5 Å². The number of rotatable bonds is 7. The van der Waals surface area contributed by atoms with Crippen molar-refractivity contribution in [1.82, 2.24) is 4.90 Å². The number of esters is 1. The van der Waals surface area contributed by atoms with E-state index in [4.69, 9.17) is 9.47 Å². The van der Waals surface area contributed by atoms with Crippen molar-refractivity contribution in [3.05, 3.63) is 24.3 Å².